The number of rotatable bonds is 6. The van der Waals surface area contributed by atoms with Crippen molar-refractivity contribution in [2.45, 2.75) is 44.2 Å². The van der Waals surface area contributed by atoms with Gasteiger partial charge in [0.25, 0.3) is 5.91 Å². The summed E-state index contributed by atoms with van der Waals surface area (Å²) in [5.74, 6) is -2.61. The average molecular weight is 439 g/mol. The smallest absolute Gasteiger partial charge is 0.251 e. The molecule has 0 aromatic heterocycles. The van der Waals surface area contributed by atoms with E-state index in [1.54, 1.807) is 6.07 Å². The van der Waals surface area contributed by atoms with Crippen LogP contribution in [0.25, 0.3) is 0 Å². The predicted molar refractivity (Wildman–Crippen MR) is 107 cm³/mol. The van der Waals surface area contributed by atoms with Gasteiger partial charge in [0.05, 0.1) is 10.6 Å². The van der Waals surface area contributed by atoms with Crippen LogP contribution in [0.4, 0.5) is 13.2 Å². The van der Waals surface area contributed by atoms with Gasteiger partial charge in [-0.25, -0.2) is 13.2 Å². The number of carbonyl (C=O) groups excluding carboxylic acids is 1. The van der Waals surface area contributed by atoms with E-state index in [-0.39, 0.29) is 22.4 Å². The van der Waals surface area contributed by atoms with Crippen molar-refractivity contribution in [3.05, 3.63) is 63.4 Å². The number of hydrogen-bond donors (Lipinski definition) is 1. The van der Waals surface area contributed by atoms with Crippen molar-refractivity contribution >= 4 is 17.5 Å². The standard InChI is InChI=1S/C22H22ClF3N2O2/c23-18-8-14(24)9-20(21(18)26)30-15-3-5-28(6-4-15)11-13-7-19(25)17(22(27)29)10-16(13)12-1-2-12/h7-10,12,15H,1-6,11H2,(H2,27,29). The molecule has 2 aliphatic rings. The molecule has 1 amide bonds. The van der Waals surface area contributed by atoms with Gasteiger partial charge in [-0.1, -0.05) is 11.6 Å². The third kappa shape index (κ3) is 4.57. The molecule has 0 unspecified atom stereocenters. The number of nitrogens with two attached hydrogens (primary N) is 1. The Morgan fingerprint density at radius 3 is 2.43 bits per heavy atom. The lowest BCUT2D eigenvalue weighted by Gasteiger charge is -2.32. The molecule has 30 heavy (non-hydrogen) atoms. The van der Waals surface area contributed by atoms with E-state index in [0.717, 1.165) is 36.1 Å². The fraction of sp³-hybridized carbons (Fsp3) is 0.409. The first-order chi connectivity index (χ1) is 14.3. The van der Waals surface area contributed by atoms with Gasteiger partial charge >= 0.3 is 0 Å². The molecular weight excluding hydrogens is 417 g/mol. The highest BCUT2D eigenvalue weighted by Gasteiger charge is 2.30. The molecule has 1 heterocycles. The Balaban J connectivity index is 1.41. The van der Waals surface area contributed by atoms with Gasteiger partial charge in [0.15, 0.2) is 11.6 Å². The van der Waals surface area contributed by atoms with Crippen LogP contribution in [0.2, 0.25) is 5.02 Å². The highest BCUT2D eigenvalue weighted by Crippen LogP contribution is 2.43. The van der Waals surface area contributed by atoms with E-state index < -0.39 is 23.4 Å². The topological polar surface area (TPSA) is 55.6 Å². The highest BCUT2D eigenvalue weighted by atomic mass is 35.5. The Morgan fingerprint density at radius 2 is 1.80 bits per heavy atom. The number of ether oxygens (including phenoxy) is 1. The summed E-state index contributed by atoms with van der Waals surface area (Å²) in [6.45, 7) is 1.88. The SMILES string of the molecule is NC(=O)c1cc(C2CC2)c(CN2CCC(Oc3cc(F)cc(Cl)c3F)CC2)cc1F. The zero-order chi connectivity index (χ0) is 21.4. The third-order valence-electron chi connectivity index (χ3n) is 5.69. The number of benzene rings is 2. The lowest BCUT2D eigenvalue weighted by atomic mass is 9.97. The fourth-order valence-electron chi connectivity index (χ4n) is 3.96. The molecule has 2 aromatic rings. The number of piperidine rings is 1. The van der Waals surface area contributed by atoms with Crippen molar-refractivity contribution in [1.29, 1.82) is 0 Å². The number of primary amides is 1. The van der Waals surface area contributed by atoms with Gasteiger partial charge in [-0.2, -0.15) is 0 Å². The molecule has 2 fully saturated rings. The lowest BCUT2D eigenvalue weighted by molar-refractivity contribution is 0.0930. The largest absolute Gasteiger partial charge is 0.487 e. The van der Waals surface area contributed by atoms with Crippen LogP contribution in [-0.4, -0.2) is 30.0 Å². The van der Waals surface area contributed by atoms with E-state index in [9.17, 15) is 18.0 Å². The minimum Gasteiger partial charge on any atom is -0.487 e. The van der Waals surface area contributed by atoms with Crippen LogP contribution in [0.5, 0.6) is 5.75 Å². The Morgan fingerprint density at radius 1 is 1.10 bits per heavy atom. The highest BCUT2D eigenvalue weighted by molar-refractivity contribution is 6.30. The van der Waals surface area contributed by atoms with Crippen LogP contribution in [0.3, 0.4) is 0 Å². The van der Waals surface area contributed by atoms with Gasteiger partial charge in [-0.05, 0) is 60.9 Å². The van der Waals surface area contributed by atoms with Crippen LogP contribution in [-0.2, 0) is 6.54 Å². The van der Waals surface area contributed by atoms with Gasteiger partial charge in [0.1, 0.15) is 17.7 Å². The molecule has 4 rings (SSSR count). The van der Waals surface area contributed by atoms with E-state index in [1.165, 1.54) is 6.07 Å². The molecule has 4 nitrogen and oxygen atoms in total. The summed E-state index contributed by atoms with van der Waals surface area (Å²) in [5, 5.41) is -0.309. The van der Waals surface area contributed by atoms with Crippen molar-refractivity contribution in [2.75, 3.05) is 13.1 Å². The number of nitrogens with zero attached hydrogens (tertiary/aromatic N) is 1. The number of carbonyl (C=O) groups is 1. The molecule has 0 atom stereocenters. The predicted octanol–water partition coefficient (Wildman–Crippen LogP) is 4.78. The zero-order valence-corrected chi connectivity index (χ0v) is 17.0. The maximum atomic E-state index is 14.3. The molecule has 1 saturated heterocycles. The third-order valence-corrected chi connectivity index (χ3v) is 5.97. The van der Waals surface area contributed by atoms with Crippen LogP contribution < -0.4 is 10.5 Å². The Bertz CT molecular complexity index is 973. The molecule has 0 spiro atoms. The summed E-state index contributed by atoms with van der Waals surface area (Å²) in [6.07, 6.45) is 3.02. The van der Waals surface area contributed by atoms with Gasteiger partial charge in [0, 0.05) is 25.7 Å². The van der Waals surface area contributed by atoms with E-state index in [2.05, 4.69) is 4.90 Å². The summed E-state index contributed by atoms with van der Waals surface area (Å²) in [7, 11) is 0. The molecule has 160 valence electrons. The molecule has 8 heteroatoms. The quantitative estimate of drug-likeness (QED) is 0.660. The molecule has 0 bridgehead atoms. The van der Waals surface area contributed by atoms with Gasteiger partial charge in [-0.3, -0.25) is 9.69 Å². The minimum atomic E-state index is -0.764. The summed E-state index contributed by atoms with van der Waals surface area (Å²) < 4.78 is 47.5. The summed E-state index contributed by atoms with van der Waals surface area (Å²) in [4.78, 5) is 13.6. The van der Waals surface area contributed by atoms with Gasteiger partial charge < -0.3 is 10.5 Å². The Hall–Kier alpha value is -2.25. The van der Waals surface area contributed by atoms with Crippen molar-refractivity contribution in [1.82, 2.24) is 4.90 Å². The summed E-state index contributed by atoms with van der Waals surface area (Å²) in [6, 6.07) is 4.92. The molecular formula is C22H22ClF3N2O2. The monoisotopic (exact) mass is 438 g/mol. The number of halogens is 4. The number of hydrogen-bond acceptors (Lipinski definition) is 3. The second-order valence-electron chi connectivity index (χ2n) is 7.96. The lowest BCUT2D eigenvalue weighted by Crippen LogP contribution is -2.38. The molecule has 1 saturated carbocycles. The van der Waals surface area contributed by atoms with Crippen LogP contribution >= 0.6 is 11.6 Å². The van der Waals surface area contributed by atoms with Gasteiger partial charge in [0.2, 0.25) is 0 Å². The molecule has 0 radical (unpaired) electrons. The fourth-order valence-corrected chi connectivity index (χ4v) is 4.15. The van der Waals surface area contributed by atoms with Crippen molar-refractivity contribution < 1.29 is 22.7 Å². The Kier molecular flexibility index (Phi) is 5.93. The van der Waals surface area contributed by atoms with Crippen LogP contribution in [0, 0.1) is 17.5 Å². The van der Waals surface area contributed by atoms with Crippen molar-refractivity contribution in [3.63, 3.8) is 0 Å². The second kappa shape index (κ2) is 8.47. The van der Waals surface area contributed by atoms with Crippen LogP contribution in [0.1, 0.15) is 53.1 Å². The number of likely N-dealkylation sites (tertiary alicyclic amines) is 1. The summed E-state index contributed by atoms with van der Waals surface area (Å²) in [5.41, 5.74) is 7.07. The van der Waals surface area contributed by atoms with E-state index in [4.69, 9.17) is 22.1 Å². The average Bonchev–Trinajstić information content (AvgIpc) is 3.52. The van der Waals surface area contributed by atoms with Gasteiger partial charge in [-0.15, -0.1) is 0 Å². The molecule has 2 N–H and O–H groups in total. The zero-order valence-electron chi connectivity index (χ0n) is 16.3. The normalized spacial score (nSPS) is 17.9. The maximum Gasteiger partial charge on any atom is 0.251 e. The molecule has 1 aliphatic heterocycles. The van der Waals surface area contributed by atoms with Crippen molar-refractivity contribution in [2.24, 2.45) is 5.73 Å². The summed E-state index contributed by atoms with van der Waals surface area (Å²) >= 11 is 5.68. The van der Waals surface area contributed by atoms with E-state index in [1.807, 2.05) is 0 Å². The maximum absolute atomic E-state index is 14.3. The first kappa shape index (κ1) is 21.0. The van der Waals surface area contributed by atoms with E-state index >= 15 is 0 Å². The Labute approximate surface area is 177 Å². The molecule has 1 aliphatic carbocycles. The minimum absolute atomic E-state index is 0.0662. The van der Waals surface area contributed by atoms with Crippen LogP contribution in [0.15, 0.2) is 24.3 Å². The number of amides is 1. The first-order valence-electron chi connectivity index (χ1n) is 9.97. The van der Waals surface area contributed by atoms with E-state index in [0.29, 0.717) is 38.4 Å². The van der Waals surface area contributed by atoms with Crippen molar-refractivity contribution in [3.8, 4) is 5.75 Å². The molecule has 2 aromatic carbocycles. The first-order valence-corrected chi connectivity index (χ1v) is 10.3. The second-order valence-corrected chi connectivity index (χ2v) is 8.37.